The van der Waals surface area contributed by atoms with Gasteiger partial charge in [0.15, 0.2) is 0 Å². The van der Waals surface area contributed by atoms with E-state index < -0.39 is 39.4 Å². The third-order valence-corrected chi connectivity index (χ3v) is 3.07. The summed E-state index contributed by atoms with van der Waals surface area (Å²) in [7, 11) is 0. The maximum atomic E-state index is 12.9. The van der Waals surface area contributed by atoms with E-state index in [0.717, 1.165) is 6.20 Å². The molecular formula is C12H3ClF6N2. The Labute approximate surface area is 118 Å². The molecule has 2 rings (SSSR count). The number of aromatic nitrogens is 1. The van der Waals surface area contributed by atoms with Crippen molar-refractivity contribution in [3.63, 3.8) is 0 Å². The Hall–Kier alpha value is -2.01. The molecule has 9 heteroatoms. The van der Waals surface area contributed by atoms with Crippen molar-refractivity contribution < 1.29 is 26.3 Å². The number of benzene rings is 1. The molecule has 2 nitrogen and oxygen atoms in total. The molecule has 1 aromatic heterocycles. The van der Waals surface area contributed by atoms with E-state index in [-0.39, 0.29) is 11.6 Å². The number of fused-ring (bicyclic) bond motifs is 1. The predicted octanol–water partition coefficient (Wildman–Crippen LogP) is 4.80. The van der Waals surface area contributed by atoms with Gasteiger partial charge in [-0.3, -0.25) is 4.98 Å². The first-order valence-corrected chi connectivity index (χ1v) is 5.60. The van der Waals surface area contributed by atoms with E-state index in [4.69, 9.17) is 16.9 Å². The molecule has 110 valence electrons. The molecule has 2 aromatic rings. The lowest BCUT2D eigenvalue weighted by Gasteiger charge is -2.15. The molecule has 0 aliphatic rings. The van der Waals surface area contributed by atoms with Gasteiger partial charge in [-0.15, -0.1) is 0 Å². The van der Waals surface area contributed by atoms with Gasteiger partial charge in [-0.2, -0.15) is 31.6 Å². The van der Waals surface area contributed by atoms with Gasteiger partial charge in [0.25, 0.3) is 0 Å². The highest BCUT2D eigenvalue weighted by Gasteiger charge is 2.39. The molecule has 0 saturated carbocycles. The molecule has 0 amide bonds. The zero-order valence-corrected chi connectivity index (χ0v) is 10.5. The Kier molecular flexibility index (Phi) is 3.49. The summed E-state index contributed by atoms with van der Waals surface area (Å²) in [6.45, 7) is 0. The Morgan fingerprint density at radius 1 is 1.05 bits per heavy atom. The van der Waals surface area contributed by atoms with Crippen molar-refractivity contribution in [3.8, 4) is 6.07 Å². The van der Waals surface area contributed by atoms with Crippen molar-refractivity contribution in [3.05, 3.63) is 40.0 Å². The van der Waals surface area contributed by atoms with Crippen LogP contribution in [0.5, 0.6) is 0 Å². The maximum Gasteiger partial charge on any atom is 0.418 e. The van der Waals surface area contributed by atoms with Gasteiger partial charge in [-0.05, 0) is 12.1 Å². The monoisotopic (exact) mass is 324 g/mol. The summed E-state index contributed by atoms with van der Waals surface area (Å²) in [5.74, 6) is 0. The van der Waals surface area contributed by atoms with Crippen molar-refractivity contribution in [2.75, 3.05) is 0 Å². The average Bonchev–Trinajstić information content (AvgIpc) is 2.36. The molecule has 0 spiro atoms. The number of halogens is 7. The van der Waals surface area contributed by atoms with Crippen molar-refractivity contribution in [2.24, 2.45) is 0 Å². The van der Waals surface area contributed by atoms with Crippen LogP contribution in [0.25, 0.3) is 10.9 Å². The SMILES string of the molecule is N#Cc1cnc2c(C(F)(F)F)cc(C(F)(F)F)cc2c1Cl. The molecule has 0 unspecified atom stereocenters. The third kappa shape index (κ3) is 2.74. The normalized spacial score (nSPS) is 12.5. The van der Waals surface area contributed by atoms with Gasteiger partial charge in [0, 0.05) is 11.6 Å². The number of nitrogens with zero attached hydrogens (tertiary/aromatic N) is 2. The number of nitriles is 1. The second-order valence-electron chi connectivity index (χ2n) is 4.01. The summed E-state index contributed by atoms with van der Waals surface area (Å²) < 4.78 is 76.8. The molecule has 0 fully saturated rings. The van der Waals surface area contributed by atoms with Crippen molar-refractivity contribution in [1.29, 1.82) is 5.26 Å². The average molecular weight is 325 g/mol. The van der Waals surface area contributed by atoms with Crippen molar-refractivity contribution >= 4 is 22.5 Å². The number of alkyl halides is 6. The van der Waals surface area contributed by atoms with Crippen LogP contribution in [0.3, 0.4) is 0 Å². The minimum absolute atomic E-state index is 0.0300. The lowest BCUT2D eigenvalue weighted by molar-refractivity contribution is -0.142. The van der Waals surface area contributed by atoms with E-state index >= 15 is 0 Å². The highest BCUT2D eigenvalue weighted by atomic mass is 35.5. The van der Waals surface area contributed by atoms with E-state index in [1.165, 1.54) is 0 Å². The maximum absolute atomic E-state index is 12.9. The lowest BCUT2D eigenvalue weighted by atomic mass is 10.0. The first kappa shape index (κ1) is 15.4. The number of rotatable bonds is 0. The van der Waals surface area contributed by atoms with Crippen LogP contribution in [0.1, 0.15) is 16.7 Å². The van der Waals surface area contributed by atoms with Gasteiger partial charge >= 0.3 is 12.4 Å². The molecule has 1 heterocycles. The molecule has 0 N–H and O–H groups in total. The van der Waals surface area contributed by atoms with E-state index in [9.17, 15) is 26.3 Å². The van der Waals surface area contributed by atoms with E-state index in [1.807, 2.05) is 0 Å². The zero-order chi connectivity index (χ0) is 16.0. The molecule has 0 atom stereocenters. The first-order chi connectivity index (χ1) is 9.55. The van der Waals surface area contributed by atoms with Crippen LogP contribution in [0.4, 0.5) is 26.3 Å². The fourth-order valence-corrected chi connectivity index (χ4v) is 1.96. The van der Waals surface area contributed by atoms with Crippen LogP contribution in [0.2, 0.25) is 5.02 Å². The first-order valence-electron chi connectivity index (χ1n) is 5.22. The van der Waals surface area contributed by atoms with Crippen molar-refractivity contribution in [2.45, 2.75) is 12.4 Å². The molecule has 0 bridgehead atoms. The molecule has 21 heavy (non-hydrogen) atoms. The lowest BCUT2D eigenvalue weighted by Crippen LogP contribution is -2.12. The molecule has 0 aliphatic heterocycles. The van der Waals surface area contributed by atoms with Gasteiger partial charge in [0.1, 0.15) is 6.07 Å². The summed E-state index contributed by atoms with van der Waals surface area (Å²) in [5.41, 5.74) is -4.11. The fourth-order valence-electron chi connectivity index (χ4n) is 1.73. The second kappa shape index (κ2) is 4.77. The number of hydrogen-bond donors (Lipinski definition) is 0. The van der Waals surface area contributed by atoms with Gasteiger partial charge in [0.05, 0.1) is 27.2 Å². The Morgan fingerprint density at radius 3 is 2.14 bits per heavy atom. The molecule has 1 aromatic carbocycles. The minimum atomic E-state index is -5.04. The summed E-state index contributed by atoms with van der Waals surface area (Å²) in [5, 5.41) is 7.65. The number of pyridine rings is 1. The Balaban J connectivity index is 2.96. The smallest absolute Gasteiger partial charge is 0.254 e. The zero-order valence-electron chi connectivity index (χ0n) is 9.77. The van der Waals surface area contributed by atoms with Crippen LogP contribution < -0.4 is 0 Å². The van der Waals surface area contributed by atoms with Crippen molar-refractivity contribution in [1.82, 2.24) is 4.98 Å². The molecular weight excluding hydrogens is 322 g/mol. The van der Waals surface area contributed by atoms with E-state index in [2.05, 4.69) is 4.98 Å². The topological polar surface area (TPSA) is 36.7 Å². The van der Waals surface area contributed by atoms with Crippen LogP contribution in [0, 0.1) is 11.3 Å². The van der Waals surface area contributed by atoms with Crippen LogP contribution >= 0.6 is 11.6 Å². The second-order valence-corrected chi connectivity index (χ2v) is 4.39. The Bertz CT molecular complexity index is 757. The fraction of sp³-hybridized carbons (Fsp3) is 0.167. The molecule has 0 radical (unpaired) electrons. The number of hydrogen-bond acceptors (Lipinski definition) is 2. The minimum Gasteiger partial charge on any atom is -0.254 e. The van der Waals surface area contributed by atoms with Crippen LogP contribution in [-0.4, -0.2) is 4.98 Å². The highest BCUT2D eigenvalue weighted by Crippen LogP contribution is 2.41. The summed E-state index contributed by atoms with van der Waals surface area (Å²) in [6, 6.07) is 1.96. The largest absolute Gasteiger partial charge is 0.418 e. The van der Waals surface area contributed by atoms with Crippen LogP contribution in [0.15, 0.2) is 18.3 Å². The van der Waals surface area contributed by atoms with Gasteiger partial charge in [-0.1, -0.05) is 11.6 Å². The third-order valence-electron chi connectivity index (χ3n) is 2.66. The van der Waals surface area contributed by atoms with Gasteiger partial charge in [0.2, 0.25) is 0 Å². The summed E-state index contributed by atoms with van der Waals surface area (Å²) >= 11 is 5.69. The van der Waals surface area contributed by atoms with E-state index in [0.29, 0.717) is 6.07 Å². The Morgan fingerprint density at radius 2 is 1.67 bits per heavy atom. The van der Waals surface area contributed by atoms with E-state index in [1.54, 1.807) is 6.07 Å². The van der Waals surface area contributed by atoms with Crippen LogP contribution in [-0.2, 0) is 12.4 Å². The summed E-state index contributed by atoms with van der Waals surface area (Å²) in [4.78, 5) is 3.41. The molecule has 0 saturated heterocycles. The predicted molar refractivity (Wildman–Crippen MR) is 61.5 cm³/mol. The van der Waals surface area contributed by atoms with Gasteiger partial charge in [-0.25, -0.2) is 0 Å². The standard InChI is InChI=1S/C12H3ClF6N2/c13-9-5(3-20)4-21-10-7(9)1-6(11(14,15)16)2-8(10)12(17,18)19/h1-2,4H. The highest BCUT2D eigenvalue weighted by molar-refractivity contribution is 6.36. The quantitative estimate of drug-likeness (QED) is 0.653. The summed E-state index contributed by atoms with van der Waals surface area (Å²) in [6.07, 6.45) is -9.24. The molecule has 0 aliphatic carbocycles. The van der Waals surface area contributed by atoms with Gasteiger partial charge < -0.3 is 0 Å².